The number of aromatic nitrogens is 4. The highest BCUT2D eigenvalue weighted by molar-refractivity contribution is 5.75. The topological polar surface area (TPSA) is 84.9 Å². The lowest BCUT2D eigenvalue weighted by molar-refractivity contribution is 0.0477. The zero-order valence-electron chi connectivity index (χ0n) is 18.3. The Morgan fingerprint density at radius 3 is 2.70 bits per heavy atom. The van der Waals surface area contributed by atoms with Crippen LogP contribution in [0.15, 0.2) is 61.2 Å². The predicted molar refractivity (Wildman–Crippen MR) is 123 cm³/mol. The van der Waals surface area contributed by atoms with E-state index in [0.29, 0.717) is 18.7 Å². The van der Waals surface area contributed by atoms with Crippen molar-refractivity contribution < 1.29 is 14.6 Å². The number of hydrogen-bond acceptors (Lipinski definition) is 4. The van der Waals surface area contributed by atoms with E-state index in [1.54, 1.807) is 28.7 Å². The third kappa shape index (κ3) is 3.89. The van der Waals surface area contributed by atoms with Crippen LogP contribution in [0.1, 0.15) is 11.1 Å². The van der Waals surface area contributed by atoms with Gasteiger partial charge in [-0.25, -0.2) is 9.31 Å². The number of amides is 1. The van der Waals surface area contributed by atoms with Crippen LogP contribution >= 0.6 is 0 Å². The van der Waals surface area contributed by atoms with E-state index in [2.05, 4.69) is 22.0 Å². The van der Waals surface area contributed by atoms with Crippen molar-refractivity contribution in [2.45, 2.75) is 12.5 Å². The fraction of sp³-hybridized carbons (Fsp3) is 0.240. The summed E-state index contributed by atoms with van der Waals surface area (Å²) in [5.41, 5.74) is 4.53. The van der Waals surface area contributed by atoms with Crippen molar-refractivity contribution in [3.63, 3.8) is 0 Å². The molecule has 0 spiro atoms. The second kappa shape index (κ2) is 8.36. The summed E-state index contributed by atoms with van der Waals surface area (Å²) in [6, 6.07) is 11.7. The molecule has 1 N–H and O–H groups in total. The van der Waals surface area contributed by atoms with Crippen LogP contribution in [-0.2, 0) is 13.5 Å². The molecule has 1 aliphatic heterocycles. The number of rotatable bonds is 4. The molecular formula is C25H23N5O3. The minimum absolute atomic E-state index is 0.0445. The Hall–Kier alpha value is -4.25. The minimum Gasteiger partial charge on any atom is -0.494 e. The van der Waals surface area contributed by atoms with Gasteiger partial charge in [0.15, 0.2) is 0 Å². The lowest BCUT2D eigenvalue weighted by Crippen LogP contribution is -2.58. The van der Waals surface area contributed by atoms with Crippen molar-refractivity contribution in [1.29, 1.82) is 0 Å². The summed E-state index contributed by atoms with van der Waals surface area (Å²) in [7, 11) is 3.50. The average molecular weight is 441 g/mol. The van der Waals surface area contributed by atoms with Gasteiger partial charge in [-0.05, 0) is 18.1 Å². The maximum atomic E-state index is 11.6. The molecule has 0 radical (unpaired) electrons. The molecule has 2 atom stereocenters. The summed E-state index contributed by atoms with van der Waals surface area (Å²) in [6.45, 7) is 0.404. The van der Waals surface area contributed by atoms with Gasteiger partial charge >= 0.3 is 6.09 Å². The molecule has 0 bridgehead atoms. The van der Waals surface area contributed by atoms with E-state index >= 15 is 0 Å². The van der Waals surface area contributed by atoms with Crippen LogP contribution in [0, 0.1) is 17.8 Å². The Morgan fingerprint density at radius 1 is 1.18 bits per heavy atom. The first-order valence-electron chi connectivity index (χ1n) is 10.6. The number of likely N-dealkylation sites (tertiary alicyclic amines) is 1. The number of carbonyl (C=O) groups is 1. The van der Waals surface area contributed by atoms with Crippen molar-refractivity contribution in [2.75, 3.05) is 13.7 Å². The molecular weight excluding hydrogens is 418 g/mol. The molecule has 33 heavy (non-hydrogen) atoms. The van der Waals surface area contributed by atoms with Gasteiger partial charge in [0.05, 0.1) is 37.0 Å². The van der Waals surface area contributed by atoms with Crippen molar-refractivity contribution in [1.82, 2.24) is 24.3 Å². The number of hydrogen-bond donors (Lipinski definition) is 1. The molecule has 8 nitrogen and oxygen atoms in total. The average Bonchev–Trinajstić information content (AvgIpc) is 3.43. The quantitative estimate of drug-likeness (QED) is 0.491. The number of methoxy groups -OCH3 is 1. The predicted octanol–water partition coefficient (Wildman–Crippen LogP) is 3.32. The second-order valence-electron chi connectivity index (χ2n) is 8.12. The molecule has 4 heterocycles. The van der Waals surface area contributed by atoms with E-state index < -0.39 is 6.09 Å². The summed E-state index contributed by atoms with van der Waals surface area (Å²) in [5.74, 6) is 7.15. The molecule has 8 heteroatoms. The minimum atomic E-state index is -0.908. The summed E-state index contributed by atoms with van der Waals surface area (Å²) in [6.07, 6.45) is 7.10. The Morgan fingerprint density at radius 2 is 2.00 bits per heavy atom. The van der Waals surface area contributed by atoms with Gasteiger partial charge in [-0.3, -0.25) is 4.68 Å². The number of pyridine rings is 1. The van der Waals surface area contributed by atoms with Crippen LogP contribution in [-0.4, -0.2) is 55.2 Å². The number of fused-ring (bicyclic) bond motifs is 1. The van der Waals surface area contributed by atoms with Crippen LogP contribution in [0.4, 0.5) is 4.79 Å². The van der Waals surface area contributed by atoms with Gasteiger partial charge in [-0.1, -0.05) is 42.2 Å². The maximum Gasteiger partial charge on any atom is 0.407 e. The molecule has 166 valence electrons. The highest BCUT2D eigenvalue weighted by atomic mass is 16.5. The Labute approximate surface area is 191 Å². The first-order valence-corrected chi connectivity index (χ1v) is 10.6. The van der Waals surface area contributed by atoms with Crippen LogP contribution in [0.3, 0.4) is 0 Å². The molecule has 1 aromatic carbocycles. The number of carboxylic acid groups (broad SMARTS) is 1. The molecule has 1 aliphatic rings. The molecule has 2 unspecified atom stereocenters. The Kier molecular flexibility index (Phi) is 5.23. The molecule has 1 amide bonds. The van der Waals surface area contributed by atoms with Gasteiger partial charge in [0.1, 0.15) is 11.3 Å². The lowest BCUT2D eigenvalue weighted by Gasteiger charge is -2.44. The first-order chi connectivity index (χ1) is 16.0. The summed E-state index contributed by atoms with van der Waals surface area (Å²) < 4.78 is 9.16. The van der Waals surface area contributed by atoms with E-state index in [1.807, 2.05) is 55.8 Å². The number of benzene rings is 1. The normalized spacial score (nSPS) is 17.3. The fourth-order valence-corrected chi connectivity index (χ4v) is 4.25. The van der Waals surface area contributed by atoms with Gasteiger partial charge in [0, 0.05) is 37.1 Å². The van der Waals surface area contributed by atoms with Crippen LogP contribution < -0.4 is 4.74 Å². The first kappa shape index (κ1) is 20.6. The van der Waals surface area contributed by atoms with Crippen molar-refractivity contribution in [3.05, 3.63) is 72.3 Å². The molecule has 5 rings (SSSR count). The third-order valence-corrected chi connectivity index (χ3v) is 6.02. The zero-order valence-corrected chi connectivity index (χ0v) is 18.3. The van der Waals surface area contributed by atoms with Gasteiger partial charge in [0.25, 0.3) is 0 Å². The van der Waals surface area contributed by atoms with E-state index in [1.165, 1.54) is 4.90 Å². The molecule has 0 saturated carbocycles. The Balaban J connectivity index is 1.45. The van der Waals surface area contributed by atoms with Crippen molar-refractivity contribution >= 4 is 11.6 Å². The standard InChI is InChI=1S/C25H23N5O3/c1-28-14-21(13-26-28)20-11-23(33-2)24-18(12-27-30(24)16-20)8-9-19-15-29(25(31)32)22(19)10-17-6-4-3-5-7-17/h3-7,11-14,16,19,22H,10,15H2,1-2H3,(H,31,32). The fourth-order valence-electron chi connectivity index (χ4n) is 4.25. The monoisotopic (exact) mass is 441 g/mol. The molecule has 4 aromatic rings. The molecule has 3 aromatic heterocycles. The summed E-state index contributed by atoms with van der Waals surface area (Å²) >= 11 is 0. The van der Waals surface area contributed by atoms with Crippen molar-refractivity contribution in [3.8, 4) is 28.7 Å². The molecule has 1 fully saturated rings. The van der Waals surface area contributed by atoms with Crippen LogP contribution in [0.5, 0.6) is 5.75 Å². The zero-order chi connectivity index (χ0) is 22.9. The molecule has 0 aliphatic carbocycles. The SMILES string of the molecule is COc1cc(-c2cnn(C)c2)cn2ncc(C#CC3CN(C(=O)O)C3Cc3ccccc3)c12. The van der Waals surface area contributed by atoms with E-state index in [9.17, 15) is 9.90 Å². The highest BCUT2D eigenvalue weighted by Crippen LogP contribution is 2.31. The van der Waals surface area contributed by atoms with Gasteiger partial charge in [-0.15, -0.1) is 0 Å². The van der Waals surface area contributed by atoms with Crippen LogP contribution in [0.2, 0.25) is 0 Å². The Bertz CT molecular complexity index is 1380. The maximum absolute atomic E-state index is 11.6. The van der Waals surface area contributed by atoms with E-state index in [0.717, 1.165) is 27.8 Å². The van der Waals surface area contributed by atoms with E-state index in [4.69, 9.17) is 4.74 Å². The third-order valence-electron chi connectivity index (χ3n) is 6.02. The summed E-state index contributed by atoms with van der Waals surface area (Å²) in [5, 5.41) is 18.2. The van der Waals surface area contributed by atoms with Gasteiger partial charge < -0.3 is 14.7 Å². The number of ether oxygens (including phenoxy) is 1. The number of nitrogens with zero attached hydrogens (tertiary/aromatic N) is 5. The largest absolute Gasteiger partial charge is 0.494 e. The molecule has 1 saturated heterocycles. The van der Waals surface area contributed by atoms with E-state index in [-0.39, 0.29) is 12.0 Å². The summed E-state index contributed by atoms with van der Waals surface area (Å²) in [4.78, 5) is 13.1. The van der Waals surface area contributed by atoms with Gasteiger partial charge in [-0.2, -0.15) is 10.2 Å². The highest BCUT2D eigenvalue weighted by Gasteiger charge is 2.41. The second-order valence-corrected chi connectivity index (χ2v) is 8.12. The smallest absolute Gasteiger partial charge is 0.407 e. The number of aryl methyl sites for hydroxylation is 1. The van der Waals surface area contributed by atoms with Crippen molar-refractivity contribution in [2.24, 2.45) is 13.0 Å². The van der Waals surface area contributed by atoms with Gasteiger partial charge in [0.2, 0.25) is 0 Å². The lowest BCUT2D eigenvalue weighted by atomic mass is 9.84. The van der Waals surface area contributed by atoms with Crippen LogP contribution in [0.25, 0.3) is 16.6 Å².